The predicted octanol–water partition coefficient (Wildman–Crippen LogP) is 3.16. The van der Waals surface area contributed by atoms with Crippen LogP contribution in [0.25, 0.3) is 0 Å². The van der Waals surface area contributed by atoms with Crippen LogP contribution in [-0.4, -0.2) is 7.11 Å². The van der Waals surface area contributed by atoms with Crippen molar-refractivity contribution in [3.05, 3.63) is 51.2 Å². The first-order chi connectivity index (χ1) is 8.74. The number of halogens is 1. The largest absolute Gasteiger partial charge is 0.496 e. The van der Waals surface area contributed by atoms with Gasteiger partial charge in [-0.15, -0.1) is 0 Å². The van der Waals surface area contributed by atoms with Gasteiger partial charge in [0.05, 0.1) is 13.2 Å². The van der Waals surface area contributed by atoms with Crippen molar-refractivity contribution in [3.8, 4) is 5.75 Å². The van der Waals surface area contributed by atoms with Gasteiger partial charge in [-0.2, -0.15) is 11.3 Å². The molecule has 3 N–H and O–H groups in total. The summed E-state index contributed by atoms with van der Waals surface area (Å²) in [6, 6.07) is 7.69. The van der Waals surface area contributed by atoms with Gasteiger partial charge in [0.2, 0.25) is 0 Å². The summed E-state index contributed by atoms with van der Waals surface area (Å²) in [6.07, 6.45) is 0.817. The Bertz CT molecular complexity index is 502. The van der Waals surface area contributed by atoms with Crippen LogP contribution in [0.5, 0.6) is 5.75 Å². The van der Waals surface area contributed by atoms with Gasteiger partial charge in [-0.25, -0.2) is 0 Å². The topological polar surface area (TPSA) is 47.3 Å². The molecule has 2 rings (SSSR count). The number of nitrogens with one attached hydrogen (secondary N) is 1. The molecule has 3 nitrogen and oxygen atoms in total. The molecule has 0 fully saturated rings. The molecule has 0 amide bonds. The van der Waals surface area contributed by atoms with Crippen LogP contribution in [-0.2, 0) is 6.42 Å². The number of ether oxygens (including phenoxy) is 1. The number of nitrogens with two attached hydrogens (primary N) is 1. The molecule has 5 heteroatoms. The zero-order valence-electron chi connectivity index (χ0n) is 10.0. The van der Waals surface area contributed by atoms with Gasteiger partial charge in [0, 0.05) is 10.6 Å². The summed E-state index contributed by atoms with van der Waals surface area (Å²) in [7, 11) is 1.63. The summed E-state index contributed by atoms with van der Waals surface area (Å²) < 4.78 is 5.35. The van der Waals surface area contributed by atoms with Crippen molar-refractivity contribution in [1.29, 1.82) is 0 Å². The Balaban J connectivity index is 2.26. The van der Waals surface area contributed by atoms with Crippen molar-refractivity contribution in [2.75, 3.05) is 7.11 Å². The van der Waals surface area contributed by atoms with Crippen molar-refractivity contribution >= 4 is 22.9 Å². The summed E-state index contributed by atoms with van der Waals surface area (Å²) in [5, 5.41) is 4.83. The quantitative estimate of drug-likeness (QED) is 0.654. The number of benzene rings is 1. The second-order valence-corrected chi connectivity index (χ2v) is 5.16. The minimum atomic E-state index is 0.00631. The Morgan fingerprint density at radius 2 is 2.28 bits per heavy atom. The third-order valence-electron chi connectivity index (χ3n) is 2.79. The minimum absolute atomic E-state index is 0.00631. The Morgan fingerprint density at radius 1 is 1.44 bits per heavy atom. The predicted molar refractivity (Wildman–Crippen MR) is 76.1 cm³/mol. The summed E-state index contributed by atoms with van der Waals surface area (Å²) in [5.41, 5.74) is 5.09. The van der Waals surface area contributed by atoms with Gasteiger partial charge < -0.3 is 4.74 Å². The van der Waals surface area contributed by atoms with Gasteiger partial charge in [0.25, 0.3) is 0 Å². The number of hydrogen-bond acceptors (Lipinski definition) is 4. The average molecular weight is 283 g/mol. The fraction of sp³-hybridized carbons (Fsp3) is 0.231. The highest BCUT2D eigenvalue weighted by molar-refractivity contribution is 7.07. The molecular formula is C13H15ClN2OS. The Kier molecular flexibility index (Phi) is 4.60. The van der Waals surface area contributed by atoms with E-state index in [0.29, 0.717) is 5.02 Å². The fourth-order valence-electron chi connectivity index (χ4n) is 1.88. The second kappa shape index (κ2) is 6.20. The monoisotopic (exact) mass is 282 g/mol. The summed E-state index contributed by atoms with van der Waals surface area (Å²) >= 11 is 7.63. The molecule has 0 aliphatic carbocycles. The van der Waals surface area contributed by atoms with Crippen LogP contribution in [0.4, 0.5) is 0 Å². The van der Waals surface area contributed by atoms with Gasteiger partial charge in [0.1, 0.15) is 5.75 Å². The summed E-state index contributed by atoms with van der Waals surface area (Å²) in [6.45, 7) is 0. The van der Waals surface area contributed by atoms with Crippen molar-refractivity contribution in [3.63, 3.8) is 0 Å². The molecule has 0 saturated carbocycles. The molecule has 0 bridgehead atoms. The first-order valence-corrected chi connectivity index (χ1v) is 6.87. The van der Waals surface area contributed by atoms with E-state index in [-0.39, 0.29) is 6.04 Å². The van der Waals surface area contributed by atoms with Crippen LogP contribution in [0.2, 0.25) is 5.02 Å². The summed E-state index contributed by atoms with van der Waals surface area (Å²) in [5.74, 6) is 6.40. The molecular weight excluding hydrogens is 268 g/mol. The molecule has 0 radical (unpaired) electrons. The molecule has 1 aromatic carbocycles. The second-order valence-electron chi connectivity index (χ2n) is 3.94. The maximum Gasteiger partial charge on any atom is 0.125 e. The van der Waals surface area contributed by atoms with Gasteiger partial charge in [-0.1, -0.05) is 17.7 Å². The van der Waals surface area contributed by atoms with E-state index < -0.39 is 0 Å². The molecule has 18 heavy (non-hydrogen) atoms. The third-order valence-corrected chi connectivity index (χ3v) is 3.76. The average Bonchev–Trinajstić information content (AvgIpc) is 2.89. The molecule has 0 aliphatic heterocycles. The molecule has 0 spiro atoms. The number of hydrogen-bond donors (Lipinski definition) is 2. The van der Waals surface area contributed by atoms with Crippen LogP contribution < -0.4 is 16.0 Å². The maximum atomic E-state index is 5.96. The molecule has 96 valence electrons. The molecule has 2 aromatic rings. The van der Waals surface area contributed by atoms with E-state index in [1.165, 1.54) is 5.56 Å². The van der Waals surface area contributed by atoms with Gasteiger partial charge in [-0.05, 0) is 40.9 Å². The third kappa shape index (κ3) is 3.03. The highest BCUT2D eigenvalue weighted by atomic mass is 35.5. The lowest BCUT2D eigenvalue weighted by atomic mass is 10.0. The molecule has 1 aromatic heterocycles. The first-order valence-electron chi connectivity index (χ1n) is 5.55. The zero-order chi connectivity index (χ0) is 13.0. The lowest BCUT2D eigenvalue weighted by molar-refractivity contribution is 0.399. The van der Waals surface area contributed by atoms with Crippen molar-refractivity contribution in [1.82, 2.24) is 5.43 Å². The van der Waals surface area contributed by atoms with Gasteiger partial charge in [-0.3, -0.25) is 11.3 Å². The molecule has 0 aliphatic rings. The smallest absolute Gasteiger partial charge is 0.125 e. The number of rotatable bonds is 5. The number of thiophene rings is 1. The molecule has 1 atom stereocenters. The van der Waals surface area contributed by atoms with Crippen LogP contribution in [0.1, 0.15) is 17.2 Å². The Hall–Kier alpha value is -1.07. The molecule has 1 heterocycles. The lowest BCUT2D eigenvalue weighted by Crippen LogP contribution is -2.29. The van der Waals surface area contributed by atoms with Gasteiger partial charge in [0.15, 0.2) is 0 Å². The highest BCUT2D eigenvalue weighted by Crippen LogP contribution is 2.30. The van der Waals surface area contributed by atoms with Crippen LogP contribution in [0, 0.1) is 0 Å². The van der Waals surface area contributed by atoms with E-state index in [9.17, 15) is 0 Å². The molecule has 1 unspecified atom stereocenters. The minimum Gasteiger partial charge on any atom is -0.496 e. The number of hydrazine groups is 1. The first kappa shape index (κ1) is 13.4. The SMILES string of the molecule is COc1cc(Cl)ccc1C(Cc1ccsc1)NN. The summed E-state index contributed by atoms with van der Waals surface area (Å²) in [4.78, 5) is 0. The maximum absolute atomic E-state index is 5.96. The number of methoxy groups -OCH3 is 1. The fourth-order valence-corrected chi connectivity index (χ4v) is 2.72. The van der Waals surface area contributed by atoms with Crippen molar-refractivity contribution in [2.45, 2.75) is 12.5 Å². The van der Waals surface area contributed by atoms with E-state index in [1.807, 2.05) is 12.1 Å². The zero-order valence-corrected chi connectivity index (χ0v) is 11.6. The van der Waals surface area contributed by atoms with Crippen LogP contribution >= 0.6 is 22.9 Å². The van der Waals surface area contributed by atoms with Crippen LogP contribution in [0.3, 0.4) is 0 Å². The van der Waals surface area contributed by atoms with E-state index in [2.05, 4.69) is 22.3 Å². The highest BCUT2D eigenvalue weighted by Gasteiger charge is 2.16. The normalized spacial score (nSPS) is 12.4. The Morgan fingerprint density at radius 3 is 2.89 bits per heavy atom. The standard InChI is InChI=1S/C13H15ClN2OS/c1-17-13-7-10(14)2-3-11(13)12(16-15)6-9-4-5-18-8-9/h2-5,7-8,12,16H,6,15H2,1H3. The van der Waals surface area contributed by atoms with Gasteiger partial charge >= 0.3 is 0 Å². The lowest BCUT2D eigenvalue weighted by Gasteiger charge is -2.18. The molecule has 0 saturated heterocycles. The van der Waals surface area contributed by atoms with E-state index in [1.54, 1.807) is 24.5 Å². The van der Waals surface area contributed by atoms with E-state index in [0.717, 1.165) is 17.7 Å². The Labute approximate surface area is 116 Å². The van der Waals surface area contributed by atoms with E-state index >= 15 is 0 Å². The van der Waals surface area contributed by atoms with Crippen molar-refractivity contribution in [2.24, 2.45) is 5.84 Å². The van der Waals surface area contributed by atoms with E-state index in [4.69, 9.17) is 22.2 Å². The van der Waals surface area contributed by atoms with Crippen LogP contribution in [0.15, 0.2) is 35.0 Å². The van der Waals surface area contributed by atoms with Crippen molar-refractivity contribution < 1.29 is 4.74 Å².